The van der Waals surface area contributed by atoms with Crippen molar-refractivity contribution in [1.29, 1.82) is 0 Å². The first-order valence-electron chi connectivity index (χ1n) is 8.65. The van der Waals surface area contributed by atoms with Crippen LogP contribution in [-0.2, 0) is 17.8 Å². The summed E-state index contributed by atoms with van der Waals surface area (Å²) in [5.41, 5.74) is 1.19. The quantitative estimate of drug-likeness (QED) is 0.882. The van der Waals surface area contributed by atoms with E-state index < -0.39 is 0 Å². The van der Waals surface area contributed by atoms with Crippen LogP contribution in [0.5, 0.6) is 0 Å². The lowest BCUT2D eigenvalue weighted by atomic mass is 9.98. The molecule has 3 heterocycles. The van der Waals surface area contributed by atoms with Gasteiger partial charge >= 0.3 is 0 Å². The van der Waals surface area contributed by atoms with Crippen LogP contribution in [0.25, 0.3) is 0 Å². The summed E-state index contributed by atoms with van der Waals surface area (Å²) >= 11 is 1.87. The largest absolute Gasteiger partial charge is 0.372 e. The van der Waals surface area contributed by atoms with E-state index in [2.05, 4.69) is 28.5 Å². The second-order valence-electron chi connectivity index (χ2n) is 6.49. The topological polar surface area (TPSA) is 52.0 Å². The third kappa shape index (κ3) is 3.49. The first kappa shape index (κ1) is 15.3. The number of ether oxygens (including phenoxy) is 1. The number of hydrogen-bond donors (Lipinski definition) is 1. The fraction of sp³-hybridized carbons (Fsp3) is 0.647. The lowest BCUT2D eigenvalue weighted by Crippen LogP contribution is -2.38. The number of rotatable bonds is 6. The highest BCUT2D eigenvalue weighted by Crippen LogP contribution is 2.41. The summed E-state index contributed by atoms with van der Waals surface area (Å²) in [4.78, 5) is 5.90. The van der Waals surface area contributed by atoms with Crippen molar-refractivity contribution in [2.45, 2.75) is 63.8 Å². The molecule has 4 rings (SSSR count). The lowest BCUT2D eigenvalue weighted by Gasteiger charge is -2.31. The van der Waals surface area contributed by atoms with E-state index in [9.17, 15) is 0 Å². The highest BCUT2D eigenvalue weighted by atomic mass is 32.1. The Labute approximate surface area is 141 Å². The Morgan fingerprint density at radius 3 is 3.04 bits per heavy atom. The highest BCUT2D eigenvalue weighted by molar-refractivity contribution is 7.11. The summed E-state index contributed by atoms with van der Waals surface area (Å²) in [5.74, 6) is 0.749. The van der Waals surface area contributed by atoms with Crippen molar-refractivity contribution in [2.24, 2.45) is 0 Å². The van der Waals surface area contributed by atoms with Gasteiger partial charge in [-0.05, 0) is 32.6 Å². The van der Waals surface area contributed by atoms with Crippen LogP contribution in [0.3, 0.4) is 0 Å². The van der Waals surface area contributed by atoms with E-state index >= 15 is 0 Å². The molecule has 2 aromatic heterocycles. The third-order valence-electron chi connectivity index (χ3n) is 4.66. The van der Waals surface area contributed by atoms with Gasteiger partial charge < -0.3 is 10.1 Å². The molecule has 2 fully saturated rings. The molecule has 2 aliphatic rings. The van der Waals surface area contributed by atoms with Gasteiger partial charge in [0.25, 0.3) is 0 Å². The zero-order chi connectivity index (χ0) is 15.6. The number of nitrogens with zero attached hydrogens (tertiary/aromatic N) is 3. The Bertz CT molecular complexity index is 649. The van der Waals surface area contributed by atoms with E-state index in [1.165, 1.54) is 28.3 Å². The first-order chi connectivity index (χ1) is 11.3. The van der Waals surface area contributed by atoms with Crippen LogP contribution in [0.15, 0.2) is 18.6 Å². The van der Waals surface area contributed by atoms with Crippen LogP contribution in [0.2, 0.25) is 0 Å². The molecular weight excluding hydrogens is 308 g/mol. The van der Waals surface area contributed by atoms with Crippen LogP contribution in [0.1, 0.15) is 60.1 Å². The average molecular weight is 332 g/mol. The molecule has 0 amide bonds. The summed E-state index contributed by atoms with van der Waals surface area (Å²) in [7, 11) is 0. The van der Waals surface area contributed by atoms with Crippen LogP contribution in [0, 0.1) is 0 Å². The van der Waals surface area contributed by atoms with Crippen LogP contribution in [0.4, 0.5) is 0 Å². The predicted molar refractivity (Wildman–Crippen MR) is 90.5 cm³/mol. The molecule has 1 aliphatic heterocycles. The predicted octanol–water partition coefficient (Wildman–Crippen LogP) is 3.25. The summed E-state index contributed by atoms with van der Waals surface area (Å²) < 4.78 is 8.02. The molecule has 6 heteroatoms. The van der Waals surface area contributed by atoms with Gasteiger partial charge in [-0.15, -0.1) is 11.3 Å². The minimum Gasteiger partial charge on any atom is -0.372 e. The van der Waals surface area contributed by atoms with Crippen molar-refractivity contribution in [3.05, 3.63) is 34.0 Å². The third-order valence-corrected chi connectivity index (χ3v) is 5.82. The number of nitrogens with one attached hydrogen (secondary N) is 1. The molecular formula is C17H24N4OS. The Balaban J connectivity index is 1.40. The molecule has 1 saturated carbocycles. The molecule has 1 saturated heterocycles. The minimum absolute atomic E-state index is 0.111. The van der Waals surface area contributed by atoms with E-state index in [0.717, 1.165) is 38.5 Å². The van der Waals surface area contributed by atoms with Crippen molar-refractivity contribution in [3.63, 3.8) is 0 Å². The van der Waals surface area contributed by atoms with Crippen LogP contribution >= 0.6 is 11.3 Å². The number of aryl methyl sites for hydroxylation is 1. The van der Waals surface area contributed by atoms with Crippen molar-refractivity contribution in [3.8, 4) is 0 Å². The van der Waals surface area contributed by atoms with Gasteiger partial charge in [-0.25, -0.2) is 4.98 Å². The monoisotopic (exact) mass is 332 g/mol. The Kier molecular flexibility index (Phi) is 4.46. The SMILES string of the molecule is CCn1cc([C@H]2OCCC[C@@H]2NCc2cnc(C3CC3)s2)cn1. The first-order valence-corrected chi connectivity index (χ1v) is 9.47. The molecule has 124 valence electrons. The molecule has 0 aromatic carbocycles. The zero-order valence-electron chi connectivity index (χ0n) is 13.6. The second kappa shape index (κ2) is 6.71. The summed E-state index contributed by atoms with van der Waals surface area (Å²) in [6, 6.07) is 0.352. The van der Waals surface area contributed by atoms with Gasteiger partial charge in [0.1, 0.15) is 6.10 Å². The van der Waals surface area contributed by atoms with Gasteiger partial charge in [-0.3, -0.25) is 4.68 Å². The standard InChI is InChI=1S/C17H24N4OS/c1-2-21-11-13(8-20-21)16-15(4-3-7-22-16)18-9-14-10-19-17(23-14)12-5-6-12/h8,10-12,15-16,18H,2-7,9H2,1H3/t15-,16+/m0/s1. The van der Waals surface area contributed by atoms with E-state index in [1.807, 2.05) is 28.4 Å². The number of thiazole rings is 1. The zero-order valence-corrected chi connectivity index (χ0v) is 14.4. The summed E-state index contributed by atoms with van der Waals surface area (Å²) in [6.07, 6.45) is 11.1. The van der Waals surface area contributed by atoms with Gasteiger partial charge in [0.2, 0.25) is 0 Å². The average Bonchev–Trinajstić information content (AvgIpc) is 3.14. The van der Waals surface area contributed by atoms with E-state index in [-0.39, 0.29) is 6.10 Å². The Morgan fingerprint density at radius 1 is 1.35 bits per heavy atom. The van der Waals surface area contributed by atoms with Crippen LogP contribution in [-0.4, -0.2) is 27.4 Å². The van der Waals surface area contributed by atoms with Crippen LogP contribution < -0.4 is 5.32 Å². The molecule has 1 N–H and O–H groups in total. The maximum atomic E-state index is 6.05. The minimum atomic E-state index is 0.111. The maximum absolute atomic E-state index is 6.05. The highest BCUT2D eigenvalue weighted by Gasteiger charge is 2.29. The normalized spacial score (nSPS) is 24.9. The summed E-state index contributed by atoms with van der Waals surface area (Å²) in [5, 5.41) is 9.41. The van der Waals surface area contributed by atoms with Crippen molar-refractivity contribution in [2.75, 3.05) is 6.61 Å². The van der Waals surface area contributed by atoms with Crippen molar-refractivity contribution < 1.29 is 4.74 Å². The van der Waals surface area contributed by atoms with Gasteiger partial charge in [0.15, 0.2) is 0 Å². The molecule has 0 bridgehead atoms. The number of aromatic nitrogens is 3. The molecule has 0 radical (unpaired) electrons. The molecule has 0 unspecified atom stereocenters. The molecule has 0 spiro atoms. The van der Waals surface area contributed by atoms with E-state index in [0.29, 0.717) is 6.04 Å². The van der Waals surface area contributed by atoms with Gasteiger partial charge in [-0.1, -0.05) is 0 Å². The fourth-order valence-corrected chi connectivity index (χ4v) is 4.21. The second-order valence-corrected chi connectivity index (χ2v) is 7.64. The van der Waals surface area contributed by atoms with Gasteiger partial charge in [0, 0.05) is 54.5 Å². The van der Waals surface area contributed by atoms with Gasteiger partial charge in [0.05, 0.1) is 11.2 Å². The number of hydrogen-bond acceptors (Lipinski definition) is 5. The van der Waals surface area contributed by atoms with Crippen molar-refractivity contribution in [1.82, 2.24) is 20.1 Å². The smallest absolute Gasteiger partial charge is 0.101 e. The van der Waals surface area contributed by atoms with Gasteiger partial charge in [-0.2, -0.15) is 5.10 Å². The molecule has 2 atom stereocenters. The van der Waals surface area contributed by atoms with Crippen molar-refractivity contribution >= 4 is 11.3 Å². The lowest BCUT2D eigenvalue weighted by molar-refractivity contribution is -0.0111. The van der Waals surface area contributed by atoms with E-state index in [1.54, 1.807) is 0 Å². The summed E-state index contributed by atoms with van der Waals surface area (Å²) in [6.45, 7) is 4.73. The Hall–Kier alpha value is -1.24. The molecule has 5 nitrogen and oxygen atoms in total. The fourth-order valence-electron chi connectivity index (χ4n) is 3.17. The Morgan fingerprint density at radius 2 is 2.26 bits per heavy atom. The molecule has 2 aromatic rings. The van der Waals surface area contributed by atoms with E-state index in [4.69, 9.17) is 4.74 Å². The maximum Gasteiger partial charge on any atom is 0.101 e. The molecule has 23 heavy (non-hydrogen) atoms. The molecule has 1 aliphatic carbocycles.